The fraction of sp³-hybridized carbons (Fsp3) is 0.357. The molecule has 0 unspecified atom stereocenters. The molecule has 0 atom stereocenters. The second kappa shape index (κ2) is 4.65. The van der Waals surface area contributed by atoms with E-state index in [-0.39, 0.29) is 5.41 Å². The van der Waals surface area contributed by atoms with E-state index in [2.05, 4.69) is 31.0 Å². The Balaban J connectivity index is 2.51. The van der Waals surface area contributed by atoms with Crippen LogP contribution >= 0.6 is 11.6 Å². The van der Waals surface area contributed by atoms with Crippen LogP contribution in [-0.2, 0) is 6.42 Å². The van der Waals surface area contributed by atoms with Gasteiger partial charge in [-0.25, -0.2) is 0 Å². The van der Waals surface area contributed by atoms with Gasteiger partial charge in [0.25, 0.3) is 0 Å². The number of nitrogens with two attached hydrogens (primary N) is 1. The van der Waals surface area contributed by atoms with Crippen LogP contribution in [0, 0.1) is 5.41 Å². The first-order chi connectivity index (χ1) is 8.38. The van der Waals surface area contributed by atoms with E-state index in [0.717, 1.165) is 23.2 Å². The Kier molecular flexibility index (Phi) is 3.35. The highest BCUT2D eigenvalue weighted by Gasteiger charge is 2.20. The molecule has 96 valence electrons. The van der Waals surface area contributed by atoms with Crippen molar-refractivity contribution in [2.24, 2.45) is 5.41 Å². The zero-order chi connectivity index (χ0) is 13.3. The molecule has 1 heterocycles. The number of nitrogens with zero attached hydrogens (tertiary/aromatic N) is 1. The van der Waals surface area contributed by atoms with Gasteiger partial charge in [0.2, 0.25) is 0 Å². The predicted molar refractivity (Wildman–Crippen MR) is 76.6 cm³/mol. The molecule has 0 saturated carbocycles. The van der Waals surface area contributed by atoms with Gasteiger partial charge in [-0.05, 0) is 17.9 Å². The van der Waals surface area contributed by atoms with Crippen molar-refractivity contribution in [3.63, 3.8) is 0 Å². The molecule has 3 nitrogen and oxygen atoms in total. The number of nitrogen functional groups attached to an aromatic ring is 1. The van der Waals surface area contributed by atoms with Crippen LogP contribution in [0.3, 0.4) is 0 Å². The van der Waals surface area contributed by atoms with Crippen LogP contribution in [-0.4, -0.2) is 10.2 Å². The number of nitrogens with one attached hydrogen (secondary N) is 1. The number of halogens is 1. The molecule has 0 aliphatic rings. The molecule has 1 aromatic heterocycles. The van der Waals surface area contributed by atoms with Crippen LogP contribution in [0.4, 0.5) is 5.82 Å². The molecule has 0 amide bonds. The van der Waals surface area contributed by atoms with E-state index in [1.165, 1.54) is 0 Å². The lowest BCUT2D eigenvalue weighted by molar-refractivity contribution is 0.406. The maximum absolute atomic E-state index is 6.23. The molecule has 18 heavy (non-hydrogen) atoms. The second-order valence-corrected chi connectivity index (χ2v) is 6.09. The lowest BCUT2D eigenvalue weighted by Gasteiger charge is -2.18. The van der Waals surface area contributed by atoms with Crippen LogP contribution < -0.4 is 5.73 Å². The van der Waals surface area contributed by atoms with Gasteiger partial charge < -0.3 is 5.73 Å². The van der Waals surface area contributed by atoms with Crippen LogP contribution in [0.5, 0.6) is 0 Å². The summed E-state index contributed by atoms with van der Waals surface area (Å²) in [6, 6.07) is 7.69. The number of H-pyrrole nitrogens is 1. The molecular formula is C14H18ClN3. The van der Waals surface area contributed by atoms with Gasteiger partial charge in [-0.1, -0.05) is 50.6 Å². The molecule has 2 rings (SSSR count). The number of rotatable bonds is 2. The van der Waals surface area contributed by atoms with Crippen LogP contribution in [0.1, 0.15) is 26.5 Å². The third-order valence-electron chi connectivity index (χ3n) is 2.72. The zero-order valence-corrected chi connectivity index (χ0v) is 11.7. The summed E-state index contributed by atoms with van der Waals surface area (Å²) in [6.07, 6.45) is 0.873. The highest BCUT2D eigenvalue weighted by molar-refractivity contribution is 6.33. The van der Waals surface area contributed by atoms with Crippen molar-refractivity contribution in [2.75, 3.05) is 5.73 Å². The van der Waals surface area contributed by atoms with Crippen LogP contribution in [0.25, 0.3) is 11.1 Å². The van der Waals surface area contributed by atoms with E-state index < -0.39 is 0 Å². The first-order valence-corrected chi connectivity index (χ1v) is 6.34. The summed E-state index contributed by atoms with van der Waals surface area (Å²) in [6.45, 7) is 6.54. The van der Waals surface area contributed by atoms with E-state index in [1.807, 2.05) is 24.3 Å². The molecule has 0 saturated heterocycles. The Morgan fingerprint density at radius 2 is 1.94 bits per heavy atom. The summed E-state index contributed by atoms with van der Waals surface area (Å²) in [7, 11) is 0. The predicted octanol–water partition coefficient (Wildman–Crippen LogP) is 3.90. The van der Waals surface area contributed by atoms with Gasteiger partial charge in [-0.15, -0.1) is 0 Å². The first-order valence-electron chi connectivity index (χ1n) is 5.96. The van der Waals surface area contributed by atoms with E-state index in [1.54, 1.807) is 0 Å². The minimum Gasteiger partial charge on any atom is -0.382 e. The van der Waals surface area contributed by atoms with Gasteiger partial charge in [0.05, 0.1) is 0 Å². The monoisotopic (exact) mass is 263 g/mol. The summed E-state index contributed by atoms with van der Waals surface area (Å²) in [5.74, 6) is 0.502. The van der Waals surface area contributed by atoms with Crippen molar-refractivity contribution in [1.82, 2.24) is 10.2 Å². The number of hydrogen-bond acceptors (Lipinski definition) is 2. The Morgan fingerprint density at radius 3 is 2.56 bits per heavy atom. The second-order valence-electron chi connectivity index (χ2n) is 5.68. The fourth-order valence-corrected chi connectivity index (χ4v) is 2.25. The SMILES string of the molecule is CC(C)(C)Cc1[nH]nc(N)c1-c1ccccc1Cl. The highest BCUT2D eigenvalue weighted by atomic mass is 35.5. The molecule has 0 radical (unpaired) electrons. The van der Waals surface area contributed by atoms with Gasteiger partial charge in [-0.2, -0.15) is 5.10 Å². The lowest BCUT2D eigenvalue weighted by atomic mass is 9.88. The van der Waals surface area contributed by atoms with Gasteiger partial charge in [0.15, 0.2) is 5.82 Å². The third-order valence-corrected chi connectivity index (χ3v) is 3.05. The van der Waals surface area contributed by atoms with E-state index in [9.17, 15) is 0 Å². The number of anilines is 1. The standard InChI is InChI=1S/C14H18ClN3/c1-14(2,3)8-11-12(13(16)18-17-11)9-6-4-5-7-10(9)15/h4-7H,8H2,1-3H3,(H3,16,17,18). The van der Waals surface area contributed by atoms with Crippen LogP contribution in [0.15, 0.2) is 24.3 Å². The largest absolute Gasteiger partial charge is 0.382 e. The smallest absolute Gasteiger partial charge is 0.153 e. The number of aromatic nitrogens is 2. The van der Waals surface area contributed by atoms with Crippen molar-refractivity contribution in [2.45, 2.75) is 27.2 Å². The third kappa shape index (κ3) is 2.67. The van der Waals surface area contributed by atoms with E-state index in [0.29, 0.717) is 10.8 Å². The Bertz CT molecular complexity index is 552. The van der Waals surface area contributed by atoms with Gasteiger partial charge in [0.1, 0.15) is 0 Å². The Morgan fingerprint density at radius 1 is 1.28 bits per heavy atom. The minimum absolute atomic E-state index is 0.162. The van der Waals surface area contributed by atoms with Crippen molar-refractivity contribution >= 4 is 17.4 Å². The number of aromatic amines is 1. The number of benzene rings is 1. The molecule has 4 heteroatoms. The average molecular weight is 264 g/mol. The molecule has 2 aromatic rings. The first kappa shape index (κ1) is 13.0. The molecule has 0 fully saturated rings. The normalized spacial score (nSPS) is 11.8. The minimum atomic E-state index is 0.162. The van der Waals surface area contributed by atoms with Crippen molar-refractivity contribution in [3.8, 4) is 11.1 Å². The molecule has 1 aromatic carbocycles. The molecule has 0 spiro atoms. The average Bonchev–Trinajstić information content (AvgIpc) is 2.59. The molecule has 0 bridgehead atoms. The summed E-state index contributed by atoms with van der Waals surface area (Å²) < 4.78 is 0. The van der Waals surface area contributed by atoms with Crippen molar-refractivity contribution in [3.05, 3.63) is 35.0 Å². The van der Waals surface area contributed by atoms with E-state index in [4.69, 9.17) is 17.3 Å². The van der Waals surface area contributed by atoms with Crippen molar-refractivity contribution in [1.29, 1.82) is 0 Å². The number of hydrogen-bond donors (Lipinski definition) is 2. The summed E-state index contributed by atoms with van der Waals surface area (Å²) >= 11 is 6.23. The zero-order valence-electron chi connectivity index (χ0n) is 10.9. The molecular weight excluding hydrogens is 246 g/mol. The molecule has 3 N–H and O–H groups in total. The van der Waals surface area contributed by atoms with E-state index >= 15 is 0 Å². The van der Waals surface area contributed by atoms with Crippen LogP contribution in [0.2, 0.25) is 5.02 Å². The molecule has 0 aliphatic carbocycles. The summed E-state index contributed by atoms with van der Waals surface area (Å²) in [5, 5.41) is 7.83. The topological polar surface area (TPSA) is 54.7 Å². The van der Waals surface area contributed by atoms with Gasteiger partial charge in [-0.3, -0.25) is 5.10 Å². The fourth-order valence-electron chi connectivity index (χ4n) is 2.02. The molecule has 0 aliphatic heterocycles. The highest BCUT2D eigenvalue weighted by Crippen LogP contribution is 2.35. The van der Waals surface area contributed by atoms with Crippen molar-refractivity contribution < 1.29 is 0 Å². The maximum atomic E-state index is 6.23. The summed E-state index contributed by atoms with van der Waals surface area (Å²) in [4.78, 5) is 0. The Hall–Kier alpha value is -1.48. The Labute approximate surface area is 112 Å². The summed E-state index contributed by atoms with van der Waals surface area (Å²) in [5.41, 5.74) is 9.02. The van der Waals surface area contributed by atoms with Gasteiger partial charge in [0, 0.05) is 21.8 Å². The lowest BCUT2D eigenvalue weighted by Crippen LogP contribution is -2.10. The quantitative estimate of drug-likeness (QED) is 0.863. The van der Waals surface area contributed by atoms with Gasteiger partial charge >= 0.3 is 0 Å². The maximum Gasteiger partial charge on any atom is 0.153 e.